The Labute approximate surface area is 152 Å². The van der Waals surface area contributed by atoms with Crippen LogP contribution >= 0.6 is 12.4 Å². The maximum Gasteiger partial charge on any atom is 0.243 e. The number of benzene rings is 1. The van der Waals surface area contributed by atoms with Crippen molar-refractivity contribution >= 4 is 29.9 Å². The van der Waals surface area contributed by atoms with Crippen molar-refractivity contribution in [1.82, 2.24) is 10.2 Å². The lowest BCUT2D eigenvalue weighted by molar-refractivity contribution is -0.133. The number of likely N-dealkylation sites (N-methyl/N-ethyl adjacent to an activating group) is 1. The molecule has 25 heavy (non-hydrogen) atoms. The summed E-state index contributed by atoms with van der Waals surface area (Å²) in [5, 5.41) is 5.67. The summed E-state index contributed by atoms with van der Waals surface area (Å²) >= 11 is 0. The third kappa shape index (κ3) is 7.36. The Hall–Kier alpha value is -1.73. The molecule has 0 radical (unpaired) electrons. The highest BCUT2D eigenvalue weighted by atomic mass is 35.5. The van der Waals surface area contributed by atoms with Gasteiger partial charge in [0.1, 0.15) is 11.6 Å². The van der Waals surface area contributed by atoms with E-state index < -0.39 is 17.5 Å². The van der Waals surface area contributed by atoms with E-state index in [1.807, 2.05) is 0 Å². The van der Waals surface area contributed by atoms with E-state index >= 15 is 0 Å². The fourth-order valence-corrected chi connectivity index (χ4v) is 2.82. The minimum Gasteiger partial charge on any atom is -0.336 e. The fourth-order valence-electron chi connectivity index (χ4n) is 2.82. The van der Waals surface area contributed by atoms with Crippen LogP contribution in [0, 0.1) is 17.6 Å². The number of rotatable bonds is 6. The Balaban J connectivity index is 0.00000312. The van der Waals surface area contributed by atoms with Gasteiger partial charge in [-0.2, -0.15) is 0 Å². The number of hydrogen-bond donors (Lipinski definition) is 2. The van der Waals surface area contributed by atoms with Gasteiger partial charge in [-0.25, -0.2) is 8.78 Å². The zero-order valence-corrected chi connectivity index (χ0v) is 15.0. The lowest BCUT2D eigenvalue weighted by Gasteiger charge is -2.23. The van der Waals surface area contributed by atoms with E-state index in [1.165, 1.54) is 4.90 Å². The van der Waals surface area contributed by atoms with E-state index in [0.29, 0.717) is 12.3 Å². The summed E-state index contributed by atoms with van der Waals surface area (Å²) < 4.78 is 26.2. The second kappa shape index (κ2) is 10.3. The predicted octanol–water partition coefficient (Wildman–Crippen LogP) is 2.56. The molecule has 2 amide bonds. The summed E-state index contributed by atoms with van der Waals surface area (Å²) in [5.74, 6) is -1.58. The molecule has 1 fully saturated rings. The number of amides is 2. The van der Waals surface area contributed by atoms with Crippen LogP contribution in [0.1, 0.15) is 25.7 Å². The molecule has 0 saturated carbocycles. The predicted molar refractivity (Wildman–Crippen MR) is 94.7 cm³/mol. The van der Waals surface area contributed by atoms with Gasteiger partial charge in [0, 0.05) is 25.2 Å². The molecule has 0 aromatic heterocycles. The van der Waals surface area contributed by atoms with Crippen LogP contribution < -0.4 is 10.6 Å². The normalized spacial score (nSPS) is 14.5. The Morgan fingerprint density at radius 3 is 2.40 bits per heavy atom. The summed E-state index contributed by atoms with van der Waals surface area (Å²) in [6.07, 6.45) is 3.37. The van der Waals surface area contributed by atoms with Crippen LogP contribution in [-0.2, 0) is 9.59 Å². The van der Waals surface area contributed by atoms with E-state index in [-0.39, 0.29) is 30.5 Å². The third-order valence-corrected chi connectivity index (χ3v) is 4.18. The van der Waals surface area contributed by atoms with Crippen LogP contribution in [0.15, 0.2) is 18.2 Å². The molecule has 0 atom stereocenters. The van der Waals surface area contributed by atoms with Crippen LogP contribution in [0.2, 0.25) is 0 Å². The molecular weight excluding hydrogens is 352 g/mol. The number of carbonyl (C=O) groups is 2. The Kier molecular flexibility index (Phi) is 8.78. The van der Waals surface area contributed by atoms with Crippen LogP contribution in [0.5, 0.6) is 0 Å². The highest BCUT2D eigenvalue weighted by Crippen LogP contribution is 2.18. The molecule has 0 unspecified atom stereocenters. The summed E-state index contributed by atoms with van der Waals surface area (Å²) in [7, 11) is 1.55. The first-order valence-corrected chi connectivity index (χ1v) is 8.14. The summed E-state index contributed by atoms with van der Waals surface area (Å²) in [5.41, 5.74) is 0.0352. The SMILES string of the molecule is CN(CC(=O)Nc1cc(F)cc(F)c1)C(=O)CCC1CCNCC1.Cl. The van der Waals surface area contributed by atoms with Gasteiger partial charge in [-0.1, -0.05) is 0 Å². The highest BCUT2D eigenvalue weighted by molar-refractivity contribution is 5.94. The molecule has 0 bridgehead atoms. The largest absolute Gasteiger partial charge is 0.336 e. The molecule has 1 aromatic rings. The van der Waals surface area contributed by atoms with Crippen molar-refractivity contribution in [2.75, 3.05) is 32.0 Å². The molecule has 1 aliphatic rings. The molecule has 2 rings (SSSR count). The number of nitrogens with one attached hydrogen (secondary N) is 2. The second-order valence-electron chi connectivity index (χ2n) is 6.19. The van der Waals surface area contributed by atoms with Gasteiger partial charge in [-0.3, -0.25) is 9.59 Å². The van der Waals surface area contributed by atoms with Gasteiger partial charge < -0.3 is 15.5 Å². The van der Waals surface area contributed by atoms with Crippen LogP contribution in [0.25, 0.3) is 0 Å². The maximum absolute atomic E-state index is 13.1. The molecule has 1 saturated heterocycles. The van der Waals surface area contributed by atoms with E-state index in [0.717, 1.165) is 50.6 Å². The van der Waals surface area contributed by atoms with Crippen LogP contribution in [0.3, 0.4) is 0 Å². The number of halogens is 3. The maximum atomic E-state index is 13.1. The van der Waals surface area contributed by atoms with Gasteiger partial charge in [0.05, 0.1) is 6.54 Å². The fraction of sp³-hybridized carbons (Fsp3) is 0.529. The zero-order chi connectivity index (χ0) is 17.5. The number of piperidine rings is 1. The Morgan fingerprint density at radius 2 is 1.80 bits per heavy atom. The van der Waals surface area contributed by atoms with Crippen LogP contribution in [-0.4, -0.2) is 43.4 Å². The molecule has 8 heteroatoms. The minimum atomic E-state index is -0.767. The van der Waals surface area contributed by atoms with Gasteiger partial charge in [-0.05, 0) is 50.4 Å². The van der Waals surface area contributed by atoms with Crippen molar-refractivity contribution in [2.45, 2.75) is 25.7 Å². The van der Waals surface area contributed by atoms with Crippen molar-refractivity contribution in [2.24, 2.45) is 5.92 Å². The quantitative estimate of drug-likeness (QED) is 0.803. The van der Waals surface area contributed by atoms with Crippen molar-refractivity contribution in [3.63, 3.8) is 0 Å². The average molecular weight is 376 g/mol. The molecule has 1 heterocycles. The standard InChI is InChI=1S/C17H23F2N3O2.ClH/c1-22(17(24)3-2-12-4-6-20-7-5-12)11-16(23)21-15-9-13(18)8-14(19)10-15;/h8-10,12,20H,2-7,11H2,1H3,(H,21,23);1H. The first-order valence-electron chi connectivity index (χ1n) is 8.14. The van der Waals surface area contributed by atoms with E-state index in [4.69, 9.17) is 0 Å². The van der Waals surface area contributed by atoms with Gasteiger partial charge >= 0.3 is 0 Å². The highest BCUT2D eigenvalue weighted by Gasteiger charge is 2.18. The van der Waals surface area contributed by atoms with E-state index in [1.54, 1.807) is 7.05 Å². The molecular formula is C17H24ClF2N3O2. The van der Waals surface area contributed by atoms with Crippen molar-refractivity contribution in [3.8, 4) is 0 Å². The summed E-state index contributed by atoms with van der Waals surface area (Å²) in [6.45, 7) is 1.83. The first kappa shape index (κ1) is 21.3. The number of hydrogen-bond acceptors (Lipinski definition) is 3. The number of anilines is 1. The molecule has 0 aliphatic carbocycles. The van der Waals surface area contributed by atoms with Gasteiger partial charge in [0.25, 0.3) is 0 Å². The minimum absolute atomic E-state index is 0. The summed E-state index contributed by atoms with van der Waals surface area (Å²) in [6, 6.07) is 2.78. The van der Waals surface area contributed by atoms with Crippen LogP contribution in [0.4, 0.5) is 14.5 Å². The number of carbonyl (C=O) groups excluding carboxylic acids is 2. The Bertz CT molecular complexity index is 575. The molecule has 1 aliphatic heterocycles. The third-order valence-electron chi connectivity index (χ3n) is 4.18. The molecule has 0 spiro atoms. The van der Waals surface area contributed by atoms with Gasteiger partial charge in [0.15, 0.2) is 0 Å². The second-order valence-corrected chi connectivity index (χ2v) is 6.19. The smallest absolute Gasteiger partial charge is 0.243 e. The van der Waals surface area contributed by atoms with Gasteiger partial charge in [0.2, 0.25) is 11.8 Å². The van der Waals surface area contributed by atoms with Crippen molar-refractivity contribution in [3.05, 3.63) is 29.8 Å². The van der Waals surface area contributed by atoms with Gasteiger partial charge in [-0.15, -0.1) is 12.4 Å². The monoisotopic (exact) mass is 375 g/mol. The molecule has 2 N–H and O–H groups in total. The molecule has 1 aromatic carbocycles. The number of nitrogens with zero attached hydrogens (tertiary/aromatic N) is 1. The van der Waals surface area contributed by atoms with E-state index in [2.05, 4.69) is 10.6 Å². The lowest BCUT2D eigenvalue weighted by atomic mass is 9.93. The topological polar surface area (TPSA) is 61.4 Å². The molecule has 5 nitrogen and oxygen atoms in total. The first-order chi connectivity index (χ1) is 11.4. The molecule has 140 valence electrons. The van der Waals surface area contributed by atoms with Crippen molar-refractivity contribution in [1.29, 1.82) is 0 Å². The lowest BCUT2D eigenvalue weighted by Crippen LogP contribution is -2.35. The average Bonchev–Trinajstić information content (AvgIpc) is 2.52. The van der Waals surface area contributed by atoms with Crippen molar-refractivity contribution < 1.29 is 18.4 Å². The Morgan fingerprint density at radius 1 is 1.20 bits per heavy atom. The zero-order valence-electron chi connectivity index (χ0n) is 14.2. The van der Waals surface area contributed by atoms with E-state index in [9.17, 15) is 18.4 Å². The summed E-state index contributed by atoms with van der Waals surface area (Å²) in [4.78, 5) is 25.3.